The van der Waals surface area contributed by atoms with Crippen molar-refractivity contribution in [1.29, 1.82) is 0 Å². The Morgan fingerprint density at radius 2 is 2.00 bits per heavy atom. The molecule has 2 aromatic rings. The van der Waals surface area contributed by atoms with E-state index in [4.69, 9.17) is 17.0 Å². The Bertz CT molecular complexity index is 736. The van der Waals surface area contributed by atoms with Gasteiger partial charge in [-0.2, -0.15) is 5.21 Å². The summed E-state index contributed by atoms with van der Waals surface area (Å²) in [6.07, 6.45) is 2.58. The summed E-state index contributed by atoms with van der Waals surface area (Å²) in [6, 6.07) is 7.05. The van der Waals surface area contributed by atoms with Crippen molar-refractivity contribution in [3.8, 4) is 5.69 Å². The molecule has 2 heterocycles. The zero-order valence-electron chi connectivity index (χ0n) is 14.0. The zero-order valence-corrected chi connectivity index (χ0v) is 14.8. The molecule has 1 amide bonds. The van der Waals surface area contributed by atoms with Gasteiger partial charge in [0.05, 0.1) is 18.9 Å². The molecule has 0 bridgehead atoms. The molecule has 0 radical (unpaired) electrons. The van der Waals surface area contributed by atoms with E-state index in [1.165, 1.54) is 25.9 Å². The van der Waals surface area contributed by atoms with Gasteiger partial charge < -0.3 is 15.0 Å². The van der Waals surface area contributed by atoms with E-state index in [9.17, 15) is 4.79 Å². The molecule has 134 valence electrons. The Balaban J connectivity index is 1.38. The number of benzene rings is 1. The fourth-order valence-electron chi connectivity index (χ4n) is 2.77. The number of aromatic amines is 1. The van der Waals surface area contributed by atoms with Crippen LogP contribution in [0.3, 0.4) is 0 Å². The van der Waals surface area contributed by atoms with Crippen molar-refractivity contribution in [2.45, 2.75) is 12.8 Å². The van der Waals surface area contributed by atoms with E-state index < -0.39 is 0 Å². The van der Waals surface area contributed by atoms with Gasteiger partial charge in [-0.25, -0.2) is 4.68 Å². The molecule has 0 aliphatic carbocycles. The summed E-state index contributed by atoms with van der Waals surface area (Å²) in [5.41, 5.74) is 1.36. The van der Waals surface area contributed by atoms with E-state index in [-0.39, 0.29) is 5.91 Å². The van der Waals surface area contributed by atoms with Crippen LogP contribution in [0.15, 0.2) is 24.3 Å². The lowest BCUT2D eigenvalue weighted by Crippen LogP contribution is -2.29. The number of nitrogens with one attached hydrogen (secondary N) is 2. The largest absolute Gasteiger partial charge is 0.378 e. The molecule has 1 aromatic carbocycles. The second kappa shape index (κ2) is 8.84. The number of amides is 1. The van der Waals surface area contributed by atoms with Crippen LogP contribution in [-0.2, 0) is 4.74 Å². The molecule has 1 fully saturated rings. The summed E-state index contributed by atoms with van der Waals surface area (Å²) >= 11 is 5.04. The Labute approximate surface area is 151 Å². The molecule has 1 aliphatic rings. The number of ether oxygens (including phenoxy) is 1. The quantitative estimate of drug-likeness (QED) is 0.541. The first kappa shape index (κ1) is 17.7. The monoisotopic (exact) mass is 362 g/mol. The molecular formula is C16H22N6O2S. The Morgan fingerprint density at radius 1 is 1.24 bits per heavy atom. The van der Waals surface area contributed by atoms with Gasteiger partial charge in [0.1, 0.15) is 0 Å². The minimum atomic E-state index is -0.124. The lowest BCUT2D eigenvalue weighted by atomic mass is 10.2. The van der Waals surface area contributed by atoms with Gasteiger partial charge in [0.2, 0.25) is 4.77 Å². The van der Waals surface area contributed by atoms with Crippen molar-refractivity contribution in [3.63, 3.8) is 0 Å². The van der Waals surface area contributed by atoms with Crippen LogP contribution >= 0.6 is 12.2 Å². The van der Waals surface area contributed by atoms with Gasteiger partial charge in [0.15, 0.2) is 0 Å². The highest BCUT2D eigenvalue weighted by Gasteiger charge is 2.10. The number of carbonyl (C=O) groups excluding carboxylic acids is 1. The van der Waals surface area contributed by atoms with Gasteiger partial charge in [-0.05, 0) is 62.4 Å². The molecule has 0 saturated carbocycles. The first-order valence-corrected chi connectivity index (χ1v) is 8.84. The maximum atomic E-state index is 12.1. The summed E-state index contributed by atoms with van der Waals surface area (Å²) in [6.45, 7) is 5.05. The number of tetrazole rings is 1. The van der Waals surface area contributed by atoms with Crippen molar-refractivity contribution >= 4 is 18.1 Å². The molecule has 1 aromatic heterocycles. The molecule has 8 nitrogen and oxygen atoms in total. The van der Waals surface area contributed by atoms with E-state index in [1.807, 2.05) is 0 Å². The van der Waals surface area contributed by atoms with Crippen molar-refractivity contribution in [1.82, 2.24) is 30.4 Å². The summed E-state index contributed by atoms with van der Waals surface area (Å²) in [5, 5.41) is 12.9. The maximum absolute atomic E-state index is 12.1. The second-order valence-corrected chi connectivity index (χ2v) is 6.25. The van der Waals surface area contributed by atoms with Crippen molar-refractivity contribution in [2.75, 3.05) is 39.4 Å². The summed E-state index contributed by atoms with van der Waals surface area (Å²) in [5.74, 6) is -0.124. The van der Waals surface area contributed by atoms with E-state index >= 15 is 0 Å². The van der Waals surface area contributed by atoms with Crippen LogP contribution in [-0.4, -0.2) is 70.4 Å². The summed E-state index contributed by atoms with van der Waals surface area (Å²) < 4.78 is 7.47. The highest BCUT2D eigenvalue weighted by Crippen LogP contribution is 2.08. The lowest BCUT2D eigenvalue weighted by Gasteiger charge is -2.14. The van der Waals surface area contributed by atoms with E-state index in [1.54, 1.807) is 28.9 Å². The molecule has 3 rings (SSSR count). The minimum absolute atomic E-state index is 0.124. The number of likely N-dealkylation sites (tertiary alicyclic amines) is 1. The maximum Gasteiger partial charge on any atom is 0.251 e. The van der Waals surface area contributed by atoms with Crippen LogP contribution in [0.4, 0.5) is 0 Å². The van der Waals surface area contributed by atoms with Crippen molar-refractivity contribution in [3.05, 3.63) is 34.6 Å². The number of carbonyl (C=O) groups is 1. The molecule has 9 heteroatoms. The van der Waals surface area contributed by atoms with Gasteiger partial charge in [-0.15, -0.1) is 0 Å². The van der Waals surface area contributed by atoms with Crippen LogP contribution in [0.1, 0.15) is 23.2 Å². The van der Waals surface area contributed by atoms with E-state index in [0.29, 0.717) is 30.1 Å². The first-order valence-electron chi connectivity index (χ1n) is 8.43. The summed E-state index contributed by atoms with van der Waals surface area (Å²) in [4.78, 5) is 14.5. The predicted molar refractivity (Wildman–Crippen MR) is 95.4 cm³/mol. The average molecular weight is 362 g/mol. The highest BCUT2D eigenvalue weighted by atomic mass is 32.1. The average Bonchev–Trinajstić information content (AvgIpc) is 3.29. The smallest absolute Gasteiger partial charge is 0.251 e. The third-order valence-electron chi connectivity index (χ3n) is 4.14. The second-order valence-electron chi connectivity index (χ2n) is 5.88. The Hall–Kier alpha value is -2.10. The molecule has 25 heavy (non-hydrogen) atoms. The number of H-pyrrole nitrogens is 1. The molecule has 0 unspecified atom stereocenters. The molecule has 1 saturated heterocycles. The fourth-order valence-corrected chi connectivity index (χ4v) is 2.96. The Morgan fingerprint density at radius 3 is 2.68 bits per heavy atom. The SMILES string of the molecule is O=C(NCCOCCN1CCCC1)c1ccc(-n2[nH]nnc2=S)cc1. The predicted octanol–water partition coefficient (Wildman–Crippen LogP) is 1.17. The fraction of sp³-hybridized carbons (Fsp3) is 0.500. The molecular weight excluding hydrogens is 340 g/mol. The van der Waals surface area contributed by atoms with E-state index in [0.717, 1.165) is 12.2 Å². The van der Waals surface area contributed by atoms with Crippen LogP contribution in [0.5, 0.6) is 0 Å². The van der Waals surface area contributed by atoms with Crippen molar-refractivity contribution < 1.29 is 9.53 Å². The van der Waals surface area contributed by atoms with Crippen LogP contribution < -0.4 is 5.32 Å². The molecule has 1 aliphatic heterocycles. The van der Waals surface area contributed by atoms with Crippen LogP contribution in [0.2, 0.25) is 0 Å². The molecule has 2 N–H and O–H groups in total. The van der Waals surface area contributed by atoms with Gasteiger partial charge >= 0.3 is 0 Å². The zero-order chi connectivity index (χ0) is 17.5. The highest BCUT2D eigenvalue weighted by molar-refractivity contribution is 7.71. The summed E-state index contributed by atoms with van der Waals surface area (Å²) in [7, 11) is 0. The lowest BCUT2D eigenvalue weighted by molar-refractivity contribution is 0.0891. The number of hydrogen-bond donors (Lipinski definition) is 2. The normalized spacial score (nSPS) is 14.7. The minimum Gasteiger partial charge on any atom is -0.378 e. The Kier molecular flexibility index (Phi) is 6.26. The number of hydrogen-bond acceptors (Lipinski definition) is 6. The topological polar surface area (TPSA) is 88.1 Å². The van der Waals surface area contributed by atoms with E-state index in [2.05, 4.69) is 25.7 Å². The molecule has 0 atom stereocenters. The number of rotatable bonds is 8. The van der Waals surface area contributed by atoms with Gasteiger partial charge in [-0.1, -0.05) is 10.3 Å². The van der Waals surface area contributed by atoms with Gasteiger partial charge in [0.25, 0.3) is 5.91 Å². The number of nitrogens with zero attached hydrogens (tertiary/aromatic N) is 4. The third kappa shape index (κ3) is 4.94. The number of aromatic nitrogens is 4. The van der Waals surface area contributed by atoms with Crippen molar-refractivity contribution in [2.24, 2.45) is 0 Å². The first-order chi connectivity index (χ1) is 12.2. The standard InChI is InChI=1S/C16H22N6O2S/c23-15(17-7-11-24-12-10-21-8-1-2-9-21)13-3-5-14(6-4-13)22-16(25)18-19-20-22/h3-6H,1-2,7-12H2,(H,17,23)(H,18,20,25). The third-order valence-corrected chi connectivity index (χ3v) is 4.41. The van der Waals surface area contributed by atoms with Crippen LogP contribution in [0.25, 0.3) is 5.69 Å². The van der Waals surface area contributed by atoms with Crippen LogP contribution in [0, 0.1) is 4.77 Å². The van der Waals surface area contributed by atoms with Gasteiger partial charge in [0, 0.05) is 18.7 Å². The van der Waals surface area contributed by atoms with Gasteiger partial charge in [-0.3, -0.25) is 4.79 Å². The molecule has 0 spiro atoms.